The van der Waals surface area contributed by atoms with Gasteiger partial charge in [0, 0.05) is 40.5 Å². The number of hydrogen-bond acceptors (Lipinski definition) is 5. The number of carbonyl (C=O) groups excluding carboxylic acids is 2. The van der Waals surface area contributed by atoms with Crippen LogP contribution in [0.5, 0.6) is 0 Å². The average molecular weight is 482 g/mol. The van der Waals surface area contributed by atoms with Crippen molar-refractivity contribution in [1.82, 2.24) is 15.3 Å². The van der Waals surface area contributed by atoms with E-state index in [1.54, 1.807) is 12.1 Å². The van der Waals surface area contributed by atoms with Gasteiger partial charge in [0.1, 0.15) is 4.88 Å². The number of benzene rings is 3. The number of rotatable bonds is 7. The molecule has 0 saturated heterocycles. The van der Waals surface area contributed by atoms with Gasteiger partial charge >= 0.3 is 0 Å². The fraction of sp³-hybridized carbons (Fsp3) is 0.0741. The lowest BCUT2D eigenvalue weighted by molar-refractivity contribution is 0.0954. The summed E-state index contributed by atoms with van der Waals surface area (Å²) in [6.07, 6.45) is 1.88. The first kappa shape index (κ1) is 22.4. The smallest absolute Gasteiger partial charge is 0.264 e. The van der Waals surface area contributed by atoms with Crippen LogP contribution >= 0.6 is 11.3 Å². The summed E-state index contributed by atoms with van der Waals surface area (Å²) in [7, 11) is 0. The number of aromatic amines is 1. The SMILES string of the molecule is Cc1ccc(C(N)=O)cc1Nc1nc(-c2ccc3[nH]ccc3c2)c(C(=O)NCc2ccccc2)s1. The predicted octanol–water partition coefficient (Wildman–Crippen LogP) is 5.37. The predicted molar refractivity (Wildman–Crippen MR) is 140 cm³/mol. The van der Waals surface area contributed by atoms with Crippen molar-refractivity contribution >= 4 is 44.9 Å². The van der Waals surface area contributed by atoms with Crippen molar-refractivity contribution in [2.75, 3.05) is 5.32 Å². The van der Waals surface area contributed by atoms with Crippen LogP contribution in [0.3, 0.4) is 0 Å². The van der Waals surface area contributed by atoms with Crippen molar-refractivity contribution in [3.8, 4) is 11.3 Å². The lowest BCUT2D eigenvalue weighted by Crippen LogP contribution is -2.22. The zero-order valence-electron chi connectivity index (χ0n) is 19.0. The highest BCUT2D eigenvalue weighted by molar-refractivity contribution is 7.18. The van der Waals surface area contributed by atoms with E-state index in [0.29, 0.717) is 33.5 Å². The molecule has 5 N–H and O–H groups in total. The van der Waals surface area contributed by atoms with E-state index >= 15 is 0 Å². The van der Waals surface area contributed by atoms with E-state index in [0.717, 1.165) is 27.6 Å². The molecule has 0 saturated carbocycles. The third-order valence-corrected chi connectivity index (χ3v) is 6.69. The van der Waals surface area contributed by atoms with Crippen LogP contribution in [-0.2, 0) is 6.54 Å². The second kappa shape index (κ2) is 9.44. The molecule has 0 spiro atoms. The van der Waals surface area contributed by atoms with Crippen molar-refractivity contribution in [2.24, 2.45) is 5.73 Å². The highest BCUT2D eigenvalue weighted by atomic mass is 32.1. The molecule has 0 aliphatic rings. The maximum atomic E-state index is 13.3. The zero-order valence-corrected chi connectivity index (χ0v) is 19.8. The molecule has 8 heteroatoms. The summed E-state index contributed by atoms with van der Waals surface area (Å²) in [6.45, 7) is 2.34. The van der Waals surface area contributed by atoms with E-state index in [1.165, 1.54) is 11.3 Å². The molecule has 0 atom stereocenters. The van der Waals surface area contributed by atoms with Crippen LogP contribution in [-0.4, -0.2) is 21.8 Å². The first-order valence-corrected chi connectivity index (χ1v) is 11.9. The Morgan fingerprint density at radius 1 is 1.03 bits per heavy atom. The number of amides is 2. The second-order valence-corrected chi connectivity index (χ2v) is 9.16. The number of carbonyl (C=O) groups is 2. The summed E-state index contributed by atoms with van der Waals surface area (Å²) in [5.74, 6) is -0.708. The molecule has 2 amide bonds. The van der Waals surface area contributed by atoms with E-state index in [1.807, 2.05) is 73.8 Å². The van der Waals surface area contributed by atoms with Gasteiger partial charge in [-0.15, -0.1) is 0 Å². The van der Waals surface area contributed by atoms with Crippen LogP contribution in [0.15, 0.2) is 79.0 Å². The number of hydrogen-bond donors (Lipinski definition) is 4. The minimum atomic E-state index is -0.506. The Bertz CT molecular complexity index is 1540. The molecular weight excluding hydrogens is 458 g/mol. The van der Waals surface area contributed by atoms with Gasteiger partial charge in [-0.25, -0.2) is 4.98 Å². The first-order valence-electron chi connectivity index (χ1n) is 11.1. The van der Waals surface area contributed by atoms with Crippen molar-refractivity contribution in [1.29, 1.82) is 0 Å². The number of fused-ring (bicyclic) bond motifs is 1. The number of nitrogens with zero attached hydrogens (tertiary/aromatic N) is 1. The molecule has 0 aliphatic carbocycles. The van der Waals surface area contributed by atoms with Crippen LogP contribution in [0.2, 0.25) is 0 Å². The monoisotopic (exact) mass is 481 g/mol. The van der Waals surface area contributed by atoms with E-state index in [2.05, 4.69) is 15.6 Å². The summed E-state index contributed by atoms with van der Waals surface area (Å²) in [6, 6.07) is 22.9. The molecule has 2 heterocycles. The van der Waals surface area contributed by atoms with Crippen molar-refractivity contribution in [3.63, 3.8) is 0 Å². The number of aromatic nitrogens is 2. The van der Waals surface area contributed by atoms with Gasteiger partial charge in [-0.05, 0) is 48.4 Å². The molecule has 5 rings (SSSR count). The fourth-order valence-electron chi connectivity index (χ4n) is 3.81. The molecule has 2 aromatic heterocycles. The van der Waals surface area contributed by atoms with Crippen LogP contribution < -0.4 is 16.4 Å². The minimum Gasteiger partial charge on any atom is -0.366 e. The molecule has 5 aromatic rings. The van der Waals surface area contributed by atoms with Crippen LogP contribution in [0, 0.1) is 6.92 Å². The molecule has 174 valence electrons. The standard InChI is InChI=1S/C27H23N5O2S/c1-16-7-8-20(25(28)33)14-22(16)31-27-32-23(19-9-10-21-18(13-19)11-12-29-21)24(35-27)26(34)30-15-17-5-3-2-4-6-17/h2-14,29H,15H2,1H3,(H2,28,33)(H,30,34)(H,31,32). The van der Waals surface area contributed by atoms with Gasteiger partial charge < -0.3 is 21.4 Å². The first-order chi connectivity index (χ1) is 17.0. The van der Waals surface area contributed by atoms with Gasteiger partial charge in [-0.1, -0.05) is 53.8 Å². The molecule has 35 heavy (non-hydrogen) atoms. The molecule has 0 fully saturated rings. The number of H-pyrrole nitrogens is 1. The summed E-state index contributed by atoms with van der Waals surface area (Å²) in [5.41, 5.74) is 10.9. The molecule has 3 aromatic carbocycles. The van der Waals surface area contributed by atoms with E-state index in [9.17, 15) is 9.59 Å². The van der Waals surface area contributed by atoms with Crippen molar-refractivity contribution in [3.05, 3.63) is 101 Å². The highest BCUT2D eigenvalue weighted by Gasteiger charge is 2.21. The Labute approximate surface area is 206 Å². The third kappa shape index (κ3) is 4.78. The van der Waals surface area contributed by atoms with Crippen LogP contribution in [0.25, 0.3) is 22.2 Å². The van der Waals surface area contributed by atoms with Crippen LogP contribution in [0.1, 0.15) is 31.2 Å². The zero-order chi connectivity index (χ0) is 24.4. The Hall–Kier alpha value is -4.43. The molecule has 0 aliphatic heterocycles. The number of nitrogens with one attached hydrogen (secondary N) is 3. The number of aryl methyl sites for hydroxylation is 1. The largest absolute Gasteiger partial charge is 0.366 e. The number of nitrogens with two attached hydrogens (primary N) is 1. The second-order valence-electron chi connectivity index (χ2n) is 8.16. The van der Waals surface area contributed by atoms with Gasteiger partial charge in [-0.2, -0.15) is 0 Å². The third-order valence-electron chi connectivity index (χ3n) is 5.72. The quantitative estimate of drug-likeness (QED) is 0.250. The summed E-state index contributed by atoms with van der Waals surface area (Å²) < 4.78 is 0. The average Bonchev–Trinajstić information content (AvgIpc) is 3.51. The summed E-state index contributed by atoms with van der Waals surface area (Å²) in [4.78, 5) is 33.4. The van der Waals surface area contributed by atoms with Crippen LogP contribution in [0.4, 0.5) is 10.8 Å². The van der Waals surface area contributed by atoms with Gasteiger partial charge in [-0.3, -0.25) is 9.59 Å². The lowest BCUT2D eigenvalue weighted by atomic mass is 10.1. The molecule has 7 nitrogen and oxygen atoms in total. The maximum absolute atomic E-state index is 13.3. The topological polar surface area (TPSA) is 113 Å². The van der Waals surface area contributed by atoms with Crippen molar-refractivity contribution < 1.29 is 9.59 Å². The van der Waals surface area contributed by atoms with E-state index < -0.39 is 5.91 Å². The van der Waals surface area contributed by atoms with E-state index in [4.69, 9.17) is 10.7 Å². The normalized spacial score (nSPS) is 10.9. The summed E-state index contributed by atoms with van der Waals surface area (Å²) >= 11 is 1.26. The number of thiazole rings is 1. The highest BCUT2D eigenvalue weighted by Crippen LogP contribution is 2.35. The Balaban J connectivity index is 1.51. The molecule has 0 unspecified atom stereocenters. The van der Waals surface area contributed by atoms with Gasteiger partial charge in [0.15, 0.2) is 5.13 Å². The lowest BCUT2D eigenvalue weighted by Gasteiger charge is -2.08. The molecule has 0 bridgehead atoms. The minimum absolute atomic E-state index is 0.203. The van der Waals surface area contributed by atoms with Gasteiger partial charge in [0.25, 0.3) is 5.91 Å². The van der Waals surface area contributed by atoms with Gasteiger partial charge in [0.2, 0.25) is 5.91 Å². The summed E-state index contributed by atoms with van der Waals surface area (Å²) in [5, 5.41) is 7.86. The maximum Gasteiger partial charge on any atom is 0.264 e. The number of anilines is 2. The number of primary amides is 1. The molecule has 0 radical (unpaired) electrons. The van der Waals surface area contributed by atoms with Crippen molar-refractivity contribution in [2.45, 2.75) is 13.5 Å². The van der Waals surface area contributed by atoms with E-state index in [-0.39, 0.29) is 5.91 Å². The Morgan fingerprint density at radius 2 is 1.86 bits per heavy atom. The molecular formula is C27H23N5O2S. The van der Waals surface area contributed by atoms with Gasteiger partial charge in [0.05, 0.1) is 5.69 Å². The Kier molecular flexibility index (Phi) is 6.03. The fourth-order valence-corrected chi connectivity index (χ4v) is 4.72. The Morgan fingerprint density at radius 3 is 2.66 bits per heavy atom.